The molecule has 0 unspecified atom stereocenters. The van der Waals surface area contributed by atoms with Gasteiger partial charge < -0.3 is 35.6 Å². The maximum absolute atomic E-state index is 10.5. The molecule has 1 heterocycles. The van der Waals surface area contributed by atoms with Crippen LogP contribution in [-0.4, -0.2) is 65.8 Å². The average molecular weight is 302 g/mol. The third kappa shape index (κ3) is 8.25. The lowest BCUT2D eigenvalue weighted by molar-refractivity contribution is -0.742. The summed E-state index contributed by atoms with van der Waals surface area (Å²) in [6, 6.07) is 0. The zero-order valence-electron chi connectivity index (χ0n) is 9.39. The monoisotopic (exact) mass is 302 g/mol. The lowest BCUT2D eigenvalue weighted by Gasteiger charge is -2.13. The van der Waals surface area contributed by atoms with E-state index in [0.717, 1.165) is 0 Å². The smallest absolute Gasteiger partial charge is 0.377 e. The summed E-state index contributed by atoms with van der Waals surface area (Å²) in [7, 11) is 0. The van der Waals surface area contributed by atoms with Crippen LogP contribution in [0.4, 0.5) is 0 Å². The Morgan fingerprint density at radius 3 is 1.75 bits per heavy atom. The molecule has 0 radical (unpaired) electrons. The van der Waals surface area contributed by atoms with Crippen molar-refractivity contribution in [3.8, 4) is 0 Å². The van der Waals surface area contributed by atoms with Crippen LogP contribution in [0.5, 0.6) is 0 Å². The summed E-state index contributed by atoms with van der Waals surface area (Å²) in [4.78, 5) is 27.3. The van der Waals surface area contributed by atoms with Crippen LogP contribution in [0, 0.1) is 20.2 Å². The topological polar surface area (TPSA) is 234 Å². The number of esters is 1. The Balaban J connectivity index is 0. The van der Waals surface area contributed by atoms with Crippen LogP contribution in [0.3, 0.4) is 0 Å². The number of carbonyl (C=O) groups excluding carboxylic acids is 1. The number of nitrogens with zero attached hydrogens (tertiary/aromatic N) is 2. The van der Waals surface area contributed by atoms with Crippen LogP contribution in [0.2, 0.25) is 0 Å². The van der Waals surface area contributed by atoms with Gasteiger partial charge in [0.1, 0.15) is 6.10 Å². The number of rotatable bonds is 2. The molecule has 0 fully saturated rings. The number of carbonyl (C=O) groups is 1. The van der Waals surface area contributed by atoms with Crippen molar-refractivity contribution in [2.45, 2.75) is 12.2 Å². The van der Waals surface area contributed by atoms with Crippen LogP contribution < -0.4 is 0 Å². The van der Waals surface area contributed by atoms with E-state index in [9.17, 15) is 4.79 Å². The second kappa shape index (κ2) is 9.11. The number of aliphatic hydroxyl groups is 4. The van der Waals surface area contributed by atoms with Gasteiger partial charge in [0.2, 0.25) is 5.76 Å². The van der Waals surface area contributed by atoms with E-state index in [1.54, 1.807) is 0 Å². The van der Waals surface area contributed by atoms with Crippen molar-refractivity contribution < 1.29 is 50.5 Å². The Morgan fingerprint density at radius 1 is 1.20 bits per heavy atom. The molecule has 0 saturated heterocycles. The van der Waals surface area contributed by atoms with Gasteiger partial charge in [0.05, 0.1) is 6.61 Å². The van der Waals surface area contributed by atoms with Gasteiger partial charge in [0, 0.05) is 0 Å². The van der Waals surface area contributed by atoms with Gasteiger partial charge in [0.15, 0.2) is 11.9 Å². The van der Waals surface area contributed by atoms with Crippen molar-refractivity contribution in [1.29, 1.82) is 0 Å². The van der Waals surface area contributed by atoms with E-state index in [2.05, 4.69) is 4.74 Å². The highest BCUT2D eigenvalue weighted by atomic mass is 16.9. The molecule has 116 valence electrons. The summed E-state index contributed by atoms with van der Waals surface area (Å²) < 4.78 is 4.32. The van der Waals surface area contributed by atoms with Crippen molar-refractivity contribution in [2.75, 3.05) is 6.61 Å². The van der Waals surface area contributed by atoms with Crippen molar-refractivity contribution in [2.24, 2.45) is 0 Å². The zero-order valence-corrected chi connectivity index (χ0v) is 9.39. The fraction of sp³-hybridized carbons (Fsp3) is 0.500. The molecule has 0 aromatic heterocycles. The predicted octanol–water partition coefficient (Wildman–Crippen LogP) is -2.10. The molecule has 14 nitrogen and oxygen atoms in total. The molecule has 0 bridgehead atoms. The number of ether oxygens (including phenoxy) is 1. The second-order valence-corrected chi connectivity index (χ2v) is 2.79. The fourth-order valence-corrected chi connectivity index (χ4v) is 0.823. The quantitative estimate of drug-likeness (QED) is 0.183. The van der Waals surface area contributed by atoms with Crippen LogP contribution in [0.25, 0.3) is 0 Å². The number of hydrogen-bond donors (Lipinski definition) is 6. The van der Waals surface area contributed by atoms with E-state index in [0.29, 0.717) is 0 Å². The molecule has 0 amide bonds. The third-order valence-electron chi connectivity index (χ3n) is 1.48. The lowest BCUT2D eigenvalue weighted by atomic mass is 10.2. The summed E-state index contributed by atoms with van der Waals surface area (Å²) in [6.45, 7) is -0.671. The Morgan fingerprint density at radius 2 is 1.55 bits per heavy atom. The maximum Gasteiger partial charge on any atom is 0.377 e. The van der Waals surface area contributed by atoms with Gasteiger partial charge in [-0.05, 0) is 0 Å². The van der Waals surface area contributed by atoms with E-state index >= 15 is 0 Å². The molecule has 1 rings (SSSR count). The van der Waals surface area contributed by atoms with Gasteiger partial charge in [-0.2, -0.15) is 0 Å². The first-order valence-electron chi connectivity index (χ1n) is 4.33. The van der Waals surface area contributed by atoms with E-state index in [-0.39, 0.29) is 0 Å². The first-order chi connectivity index (χ1) is 9.04. The molecule has 0 aromatic rings. The minimum absolute atomic E-state index is 0.671. The highest BCUT2D eigenvalue weighted by Gasteiger charge is 2.38. The van der Waals surface area contributed by atoms with Crippen LogP contribution in [0.15, 0.2) is 11.5 Å². The van der Waals surface area contributed by atoms with Gasteiger partial charge in [-0.25, -0.2) is 4.79 Å². The highest BCUT2D eigenvalue weighted by molar-refractivity contribution is 5.89. The molecular weight excluding hydrogens is 292 g/mol. The van der Waals surface area contributed by atoms with Crippen molar-refractivity contribution in [3.63, 3.8) is 0 Å². The molecule has 0 saturated carbocycles. The normalized spacial score (nSPS) is 17.9. The SMILES string of the molecule is O=C1O[C@H]([C@@H](O)CO)C(O)=C1O.O=[N+]([O-])O.O=[N+]([O-])O. The zero-order chi connectivity index (χ0) is 16.5. The molecule has 1 aliphatic heterocycles. The first-order valence-corrected chi connectivity index (χ1v) is 4.33. The lowest BCUT2D eigenvalue weighted by Crippen LogP contribution is -2.31. The van der Waals surface area contributed by atoms with E-state index < -0.39 is 46.5 Å². The van der Waals surface area contributed by atoms with Crippen LogP contribution in [0.1, 0.15) is 0 Å². The predicted molar refractivity (Wildman–Crippen MR) is 52.8 cm³/mol. The summed E-state index contributed by atoms with van der Waals surface area (Å²) in [5, 5.41) is 62.3. The minimum atomic E-state index is -1.50. The largest absolute Gasteiger partial charge is 0.505 e. The van der Waals surface area contributed by atoms with E-state index in [1.165, 1.54) is 0 Å². The van der Waals surface area contributed by atoms with Crippen LogP contribution >= 0.6 is 0 Å². The maximum atomic E-state index is 10.5. The molecular formula is C6H10N2O12. The molecule has 0 aromatic carbocycles. The molecule has 20 heavy (non-hydrogen) atoms. The molecule has 2 atom stereocenters. The summed E-state index contributed by atoms with van der Waals surface area (Å²) >= 11 is 0. The summed E-state index contributed by atoms with van der Waals surface area (Å²) in [5.41, 5.74) is 0. The van der Waals surface area contributed by atoms with Gasteiger partial charge in [-0.15, -0.1) is 20.2 Å². The van der Waals surface area contributed by atoms with Gasteiger partial charge in [-0.3, -0.25) is 0 Å². The Bertz CT molecular complexity index is 371. The highest BCUT2D eigenvalue weighted by Crippen LogP contribution is 2.20. The summed E-state index contributed by atoms with van der Waals surface area (Å²) in [6.07, 6.45) is -2.78. The van der Waals surface area contributed by atoms with Crippen molar-refractivity contribution >= 4 is 5.97 Å². The minimum Gasteiger partial charge on any atom is -0.505 e. The average Bonchev–Trinajstić information content (AvgIpc) is 2.54. The van der Waals surface area contributed by atoms with Gasteiger partial charge >= 0.3 is 5.97 Å². The van der Waals surface area contributed by atoms with Crippen molar-refractivity contribution in [3.05, 3.63) is 31.7 Å². The molecule has 0 aliphatic carbocycles. The fourth-order valence-electron chi connectivity index (χ4n) is 0.823. The molecule has 1 aliphatic rings. The second-order valence-electron chi connectivity index (χ2n) is 2.79. The van der Waals surface area contributed by atoms with Gasteiger partial charge in [-0.1, -0.05) is 0 Å². The van der Waals surface area contributed by atoms with Crippen LogP contribution in [-0.2, 0) is 9.53 Å². The summed E-state index contributed by atoms with van der Waals surface area (Å²) in [5.74, 6) is -2.78. The van der Waals surface area contributed by atoms with E-state index in [1.807, 2.05) is 0 Å². The Labute approximate surface area is 108 Å². The molecule has 0 spiro atoms. The standard InChI is InChI=1S/C6H8O6.2HNO3/c7-1-2(8)5-3(9)4(10)6(11)12-5;2*2-1(3)4/h2,5,7-10H,1H2;2*(H,2,3,4)/t2-,5+;;/m0../s1. The number of aliphatic hydroxyl groups excluding tert-OH is 4. The Kier molecular flexibility index (Phi) is 8.87. The third-order valence-corrected chi connectivity index (χ3v) is 1.48. The molecule has 14 heteroatoms. The Hall–Kier alpha value is -2.87. The van der Waals surface area contributed by atoms with E-state index in [4.69, 9.17) is 51.1 Å². The number of cyclic esters (lactones) is 1. The van der Waals surface area contributed by atoms with Gasteiger partial charge in [0.25, 0.3) is 10.2 Å². The first kappa shape index (κ1) is 19.5. The molecule has 6 N–H and O–H groups in total. The van der Waals surface area contributed by atoms with Crippen molar-refractivity contribution in [1.82, 2.24) is 0 Å². The number of hydrogen-bond acceptors (Lipinski definition) is 10.